The summed E-state index contributed by atoms with van der Waals surface area (Å²) < 4.78 is 2.17. The van der Waals surface area contributed by atoms with Crippen LogP contribution in [-0.4, -0.2) is 14.5 Å². The van der Waals surface area contributed by atoms with E-state index in [0.717, 1.165) is 49.5 Å². The number of para-hydroxylation sites is 1. The Morgan fingerprint density at radius 1 is 0.500 bits per heavy atom. The normalized spacial score (nSPS) is 11.6. The van der Waals surface area contributed by atoms with Crippen LogP contribution in [0.5, 0.6) is 0 Å². The standard InChI is InChI=1S/C36H22ClN3/c37-27-18-20-32-30(22-27)34-28-14-5-4-11-24(28)17-19-33(34)40(32)36-38-31-16-7-6-15-29(31)35(39-36)26-13-8-12-25(21-26)23-9-2-1-3-10-23/h1-22H. The lowest BCUT2D eigenvalue weighted by molar-refractivity contribution is 1.01. The molecule has 0 spiro atoms. The summed E-state index contributed by atoms with van der Waals surface area (Å²) in [7, 11) is 0. The third-order valence-corrected chi connectivity index (χ3v) is 7.89. The molecular weight excluding hydrogens is 510 g/mol. The largest absolute Gasteiger partial charge is 0.278 e. The van der Waals surface area contributed by atoms with Crippen LogP contribution in [0.4, 0.5) is 0 Å². The summed E-state index contributed by atoms with van der Waals surface area (Å²) in [6.45, 7) is 0. The third-order valence-electron chi connectivity index (χ3n) is 7.65. The SMILES string of the molecule is Clc1ccc2c(c1)c1c3ccccc3ccc1n2-c1nc(-c2cccc(-c3ccccc3)c2)c2ccccc2n1. The second-order valence-corrected chi connectivity index (χ2v) is 10.5. The molecule has 6 aromatic carbocycles. The molecule has 0 bridgehead atoms. The number of hydrogen-bond donors (Lipinski definition) is 0. The van der Waals surface area contributed by atoms with E-state index in [0.29, 0.717) is 11.0 Å². The lowest BCUT2D eigenvalue weighted by Crippen LogP contribution is -2.03. The predicted octanol–water partition coefficient (Wildman–Crippen LogP) is 9.87. The van der Waals surface area contributed by atoms with Crippen LogP contribution in [0.2, 0.25) is 5.02 Å². The Kier molecular flexibility index (Phi) is 5.19. The molecule has 0 aliphatic heterocycles. The minimum atomic E-state index is 0.636. The summed E-state index contributed by atoms with van der Waals surface area (Å²) in [6.07, 6.45) is 0. The molecular formula is C36H22ClN3. The van der Waals surface area contributed by atoms with Gasteiger partial charge in [0.2, 0.25) is 5.95 Å². The molecule has 40 heavy (non-hydrogen) atoms. The van der Waals surface area contributed by atoms with E-state index in [1.54, 1.807) is 0 Å². The maximum absolute atomic E-state index is 6.53. The van der Waals surface area contributed by atoms with E-state index in [1.165, 1.54) is 16.3 Å². The van der Waals surface area contributed by atoms with E-state index in [-0.39, 0.29) is 0 Å². The summed E-state index contributed by atoms with van der Waals surface area (Å²) in [4.78, 5) is 10.4. The average molecular weight is 532 g/mol. The Balaban J connectivity index is 1.45. The van der Waals surface area contributed by atoms with Crippen molar-refractivity contribution in [2.24, 2.45) is 0 Å². The van der Waals surface area contributed by atoms with Gasteiger partial charge in [-0.15, -0.1) is 0 Å². The zero-order valence-corrected chi connectivity index (χ0v) is 22.2. The molecule has 0 fully saturated rings. The van der Waals surface area contributed by atoms with Crippen LogP contribution in [0.15, 0.2) is 133 Å². The number of aromatic nitrogens is 3. The van der Waals surface area contributed by atoms with Gasteiger partial charge in [0.1, 0.15) is 0 Å². The van der Waals surface area contributed by atoms with Gasteiger partial charge in [-0.2, -0.15) is 0 Å². The minimum absolute atomic E-state index is 0.636. The molecule has 0 saturated heterocycles. The molecule has 0 unspecified atom stereocenters. The molecule has 2 heterocycles. The molecule has 0 aliphatic carbocycles. The Bertz CT molecular complexity index is 2230. The van der Waals surface area contributed by atoms with Crippen molar-refractivity contribution in [3.05, 3.63) is 138 Å². The molecule has 188 valence electrons. The lowest BCUT2D eigenvalue weighted by Gasteiger charge is -2.12. The molecule has 0 radical (unpaired) electrons. The second kappa shape index (κ2) is 9.04. The molecule has 8 aromatic rings. The van der Waals surface area contributed by atoms with Gasteiger partial charge < -0.3 is 0 Å². The third kappa shape index (κ3) is 3.59. The molecule has 0 N–H and O–H groups in total. The van der Waals surface area contributed by atoms with Crippen LogP contribution < -0.4 is 0 Å². The summed E-state index contributed by atoms with van der Waals surface area (Å²) in [5, 5.41) is 6.33. The second-order valence-electron chi connectivity index (χ2n) is 10.0. The van der Waals surface area contributed by atoms with Gasteiger partial charge in [0.15, 0.2) is 0 Å². The van der Waals surface area contributed by atoms with Crippen molar-refractivity contribution in [2.75, 3.05) is 0 Å². The molecule has 2 aromatic heterocycles. The number of fused-ring (bicyclic) bond motifs is 6. The first-order chi connectivity index (χ1) is 19.7. The number of hydrogen-bond acceptors (Lipinski definition) is 2. The number of benzene rings is 6. The van der Waals surface area contributed by atoms with Crippen LogP contribution in [0, 0.1) is 0 Å². The van der Waals surface area contributed by atoms with Crippen molar-refractivity contribution in [2.45, 2.75) is 0 Å². The van der Waals surface area contributed by atoms with E-state index >= 15 is 0 Å². The highest BCUT2D eigenvalue weighted by Gasteiger charge is 2.19. The fraction of sp³-hybridized carbons (Fsp3) is 0. The van der Waals surface area contributed by atoms with Crippen molar-refractivity contribution in [1.82, 2.24) is 14.5 Å². The van der Waals surface area contributed by atoms with Gasteiger partial charge in [-0.3, -0.25) is 4.57 Å². The predicted molar refractivity (Wildman–Crippen MR) is 167 cm³/mol. The first kappa shape index (κ1) is 22.9. The topological polar surface area (TPSA) is 30.7 Å². The molecule has 0 saturated carbocycles. The Labute approximate surface area is 235 Å². The first-order valence-electron chi connectivity index (χ1n) is 13.3. The van der Waals surface area contributed by atoms with Gasteiger partial charge in [0.25, 0.3) is 0 Å². The van der Waals surface area contributed by atoms with Crippen molar-refractivity contribution in [3.63, 3.8) is 0 Å². The summed E-state index contributed by atoms with van der Waals surface area (Å²) in [5.74, 6) is 0.636. The van der Waals surface area contributed by atoms with Crippen molar-refractivity contribution in [3.8, 4) is 28.3 Å². The Morgan fingerprint density at radius 3 is 2.12 bits per heavy atom. The number of halogens is 1. The monoisotopic (exact) mass is 531 g/mol. The maximum Gasteiger partial charge on any atom is 0.235 e. The molecule has 8 rings (SSSR count). The van der Waals surface area contributed by atoms with E-state index in [2.05, 4.69) is 108 Å². The Hall–Kier alpha value is -4.99. The number of nitrogens with zero attached hydrogens (tertiary/aromatic N) is 3. The van der Waals surface area contributed by atoms with E-state index in [1.807, 2.05) is 30.3 Å². The maximum atomic E-state index is 6.53. The minimum Gasteiger partial charge on any atom is -0.278 e. The Morgan fingerprint density at radius 2 is 1.23 bits per heavy atom. The molecule has 4 heteroatoms. The van der Waals surface area contributed by atoms with Gasteiger partial charge in [0, 0.05) is 26.7 Å². The van der Waals surface area contributed by atoms with Gasteiger partial charge in [-0.1, -0.05) is 109 Å². The highest BCUT2D eigenvalue weighted by molar-refractivity contribution is 6.32. The van der Waals surface area contributed by atoms with Gasteiger partial charge in [-0.25, -0.2) is 9.97 Å². The first-order valence-corrected chi connectivity index (χ1v) is 13.7. The zero-order valence-electron chi connectivity index (χ0n) is 21.4. The van der Waals surface area contributed by atoms with Crippen LogP contribution >= 0.6 is 11.6 Å². The van der Waals surface area contributed by atoms with E-state index in [9.17, 15) is 0 Å². The molecule has 3 nitrogen and oxygen atoms in total. The van der Waals surface area contributed by atoms with Crippen molar-refractivity contribution >= 4 is 55.1 Å². The van der Waals surface area contributed by atoms with Crippen LogP contribution in [-0.2, 0) is 0 Å². The van der Waals surface area contributed by atoms with Crippen molar-refractivity contribution in [1.29, 1.82) is 0 Å². The van der Waals surface area contributed by atoms with Gasteiger partial charge in [0.05, 0.1) is 22.2 Å². The summed E-state index contributed by atoms with van der Waals surface area (Å²) in [5.41, 5.74) is 7.26. The smallest absolute Gasteiger partial charge is 0.235 e. The van der Waals surface area contributed by atoms with Gasteiger partial charge in [-0.05, 0) is 58.3 Å². The number of rotatable bonds is 3. The van der Waals surface area contributed by atoms with Crippen LogP contribution in [0.25, 0.3) is 71.8 Å². The molecule has 0 aliphatic rings. The quantitative estimate of drug-likeness (QED) is 0.227. The van der Waals surface area contributed by atoms with Gasteiger partial charge >= 0.3 is 0 Å². The molecule has 0 amide bonds. The fourth-order valence-corrected chi connectivity index (χ4v) is 6.01. The van der Waals surface area contributed by atoms with Crippen LogP contribution in [0.3, 0.4) is 0 Å². The fourth-order valence-electron chi connectivity index (χ4n) is 5.84. The zero-order chi connectivity index (χ0) is 26.6. The summed E-state index contributed by atoms with van der Waals surface area (Å²) in [6, 6.07) is 46.1. The van der Waals surface area contributed by atoms with Crippen molar-refractivity contribution < 1.29 is 0 Å². The average Bonchev–Trinajstić information content (AvgIpc) is 3.35. The van der Waals surface area contributed by atoms with E-state index in [4.69, 9.17) is 21.6 Å². The highest BCUT2D eigenvalue weighted by Crippen LogP contribution is 2.38. The summed E-state index contributed by atoms with van der Waals surface area (Å²) >= 11 is 6.53. The van der Waals surface area contributed by atoms with E-state index < -0.39 is 0 Å². The lowest BCUT2D eigenvalue weighted by atomic mass is 10.00. The van der Waals surface area contributed by atoms with Crippen LogP contribution in [0.1, 0.15) is 0 Å². The highest BCUT2D eigenvalue weighted by atomic mass is 35.5. The molecule has 0 atom stereocenters.